The van der Waals surface area contributed by atoms with Gasteiger partial charge in [0, 0.05) is 19.5 Å². The molecule has 1 N–H and O–H groups in total. The Bertz CT molecular complexity index is 386. The number of H-pyrrole nitrogens is 1. The number of rotatable bonds is 6. The molecule has 0 saturated heterocycles. The van der Waals surface area contributed by atoms with E-state index in [9.17, 15) is 4.79 Å². The Hall–Kier alpha value is -1.39. The highest BCUT2D eigenvalue weighted by Gasteiger charge is 2.21. The van der Waals surface area contributed by atoms with E-state index in [4.69, 9.17) is 0 Å². The lowest BCUT2D eigenvalue weighted by molar-refractivity contribution is 0.0716. The second-order valence-electron chi connectivity index (χ2n) is 5.25. The molecule has 0 aliphatic rings. The number of nitrogens with one attached hydrogen (secondary N) is 1. The molecule has 1 rings (SSSR count). The van der Waals surface area contributed by atoms with Crippen LogP contribution in [0.15, 0.2) is 0 Å². The number of nitrogens with zero attached hydrogens (tertiary/aromatic N) is 3. The van der Waals surface area contributed by atoms with Crippen molar-refractivity contribution in [2.24, 2.45) is 5.92 Å². The van der Waals surface area contributed by atoms with Gasteiger partial charge in [0.05, 0.1) is 0 Å². The summed E-state index contributed by atoms with van der Waals surface area (Å²) in [6, 6.07) is 0.200. The lowest BCUT2D eigenvalue weighted by atomic mass is 10.0. The minimum absolute atomic E-state index is 0.109. The number of hydrogen-bond acceptors (Lipinski definition) is 3. The van der Waals surface area contributed by atoms with E-state index in [1.807, 2.05) is 7.05 Å². The number of carbonyl (C=O) groups excluding carboxylic acids is 1. The number of amides is 1. The zero-order chi connectivity index (χ0) is 13.7. The molecule has 0 radical (unpaired) electrons. The molecule has 1 aromatic rings. The van der Waals surface area contributed by atoms with Crippen molar-refractivity contribution in [2.45, 2.75) is 53.0 Å². The summed E-state index contributed by atoms with van der Waals surface area (Å²) in [4.78, 5) is 18.1. The number of carbonyl (C=O) groups is 1. The van der Waals surface area contributed by atoms with Crippen LogP contribution in [0.25, 0.3) is 0 Å². The van der Waals surface area contributed by atoms with Gasteiger partial charge in [0.15, 0.2) is 0 Å². The largest absolute Gasteiger partial charge is 0.336 e. The average Bonchev–Trinajstić information content (AvgIpc) is 2.75. The molecular formula is C13H24N4O. The highest BCUT2D eigenvalue weighted by Crippen LogP contribution is 2.11. The van der Waals surface area contributed by atoms with Gasteiger partial charge in [-0.2, -0.15) is 0 Å². The number of aromatic nitrogens is 3. The van der Waals surface area contributed by atoms with Crippen LogP contribution in [0.4, 0.5) is 0 Å². The molecule has 1 unspecified atom stereocenters. The number of aryl methyl sites for hydroxylation is 1. The Labute approximate surface area is 109 Å². The van der Waals surface area contributed by atoms with E-state index in [1.54, 1.807) is 4.90 Å². The smallest absolute Gasteiger partial charge is 0.293 e. The van der Waals surface area contributed by atoms with Crippen LogP contribution in [0.1, 0.15) is 57.0 Å². The summed E-state index contributed by atoms with van der Waals surface area (Å²) in [6.07, 6.45) is 2.79. The van der Waals surface area contributed by atoms with Crippen molar-refractivity contribution < 1.29 is 4.79 Å². The van der Waals surface area contributed by atoms with Gasteiger partial charge in [-0.3, -0.25) is 9.89 Å². The molecule has 0 aliphatic heterocycles. The Balaban J connectivity index is 2.67. The summed E-state index contributed by atoms with van der Waals surface area (Å²) in [5, 5.41) is 6.80. The average molecular weight is 252 g/mol. The van der Waals surface area contributed by atoms with Crippen LogP contribution in [-0.2, 0) is 6.42 Å². The van der Waals surface area contributed by atoms with Crippen LogP contribution in [0.5, 0.6) is 0 Å². The molecular weight excluding hydrogens is 228 g/mol. The third-order valence-electron chi connectivity index (χ3n) is 3.00. The fraction of sp³-hybridized carbons (Fsp3) is 0.769. The maximum Gasteiger partial charge on any atom is 0.293 e. The van der Waals surface area contributed by atoms with Crippen LogP contribution in [0.2, 0.25) is 0 Å². The number of aromatic amines is 1. The molecule has 18 heavy (non-hydrogen) atoms. The Morgan fingerprint density at radius 3 is 2.61 bits per heavy atom. The van der Waals surface area contributed by atoms with Gasteiger partial charge in [0.1, 0.15) is 5.82 Å². The standard InChI is InChI=1S/C13H24N4O/c1-6-7-11-14-12(16-15-11)13(18)17(5)10(4)8-9(2)3/h9-10H,6-8H2,1-5H3,(H,14,15,16). The van der Waals surface area contributed by atoms with Crippen molar-refractivity contribution in [3.63, 3.8) is 0 Å². The van der Waals surface area contributed by atoms with Crippen LogP contribution < -0.4 is 0 Å². The van der Waals surface area contributed by atoms with Gasteiger partial charge in [0.25, 0.3) is 5.91 Å². The van der Waals surface area contributed by atoms with E-state index >= 15 is 0 Å². The molecule has 0 bridgehead atoms. The van der Waals surface area contributed by atoms with Gasteiger partial charge in [-0.05, 0) is 25.7 Å². The van der Waals surface area contributed by atoms with Crippen LogP contribution in [0, 0.1) is 5.92 Å². The first-order chi connectivity index (χ1) is 8.45. The van der Waals surface area contributed by atoms with E-state index in [0.717, 1.165) is 25.1 Å². The van der Waals surface area contributed by atoms with Gasteiger partial charge in [-0.25, -0.2) is 4.98 Å². The van der Waals surface area contributed by atoms with Crippen LogP contribution >= 0.6 is 0 Å². The molecule has 0 aromatic carbocycles. The molecule has 1 heterocycles. The van der Waals surface area contributed by atoms with Crippen molar-refractivity contribution in [3.05, 3.63) is 11.6 Å². The maximum absolute atomic E-state index is 12.2. The summed E-state index contributed by atoms with van der Waals surface area (Å²) in [5.74, 6) is 1.52. The first-order valence-electron chi connectivity index (χ1n) is 6.64. The molecule has 5 nitrogen and oxygen atoms in total. The quantitative estimate of drug-likeness (QED) is 0.844. The van der Waals surface area contributed by atoms with Gasteiger partial charge in [-0.1, -0.05) is 20.8 Å². The van der Waals surface area contributed by atoms with E-state index in [1.165, 1.54) is 0 Å². The summed E-state index contributed by atoms with van der Waals surface area (Å²) >= 11 is 0. The summed E-state index contributed by atoms with van der Waals surface area (Å²) in [5.41, 5.74) is 0. The number of hydrogen-bond donors (Lipinski definition) is 1. The van der Waals surface area contributed by atoms with E-state index in [-0.39, 0.29) is 17.8 Å². The van der Waals surface area contributed by atoms with Gasteiger partial charge in [0.2, 0.25) is 5.82 Å². The highest BCUT2D eigenvalue weighted by atomic mass is 16.2. The van der Waals surface area contributed by atoms with E-state index in [2.05, 4.69) is 42.9 Å². The summed E-state index contributed by atoms with van der Waals surface area (Å²) in [6.45, 7) is 8.43. The maximum atomic E-state index is 12.2. The molecule has 102 valence electrons. The molecule has 0 spiro atoms. The first-order valence-corrected chi connectivity index (χ1v) is 6.64. The molecule has 0 saturated carbocycles. The molecule has 0 aliphatic carbocycles. The predicted octanol–water partition coefficient (Wildman–Crippen LogP) is 2.26. The van der Waals surface area contributed by atoms with Crippen molar-refractivity contribution in [1.29, 1.82) is 0 Å². The summed E-state index contributed by atoms with van der Waals surface area (Å²) < 4.78 is 0. The van der Waals surface area contributed by atoms with Crippen molar-refractivity contribution >= 4 is 5.91 Å². The predicted molar refractivity (Wildman–Crippen MR) is 71.4 cm³/mol. The van der Waals surface area contributed by atoms with E-state index in [0.29, 0.717) is 5.92 Å². The molecule has 1 atom stereocenters. The minimum atomic E-state index is -0.109. The third kappa shape index (κ3) is 3.82. The fourth-order valence-corrected chi connectivity index (χ4v) is 1.94. The SMILES string of the molecule is CCCc1nc(C(=O)N(C)C(C)CC(C)C)n[nH]1. The fourth-order valence-electron chi connectivity index (χ4n) is 1.94. The zero-order valence-corrected chi connectivity index (χ0v) is 12.0. The van der Waals surface area contributed by atoms with Gasteiger partial charge >= 0.3 is 0 Å². The highest BCUT2D eigenvalue weighted by molar-refractivity contribution is 5.90. The van der Waals surface area contributed by atoms with Crippen LogP contribution in [-0.4, -0.2) is 39.1 Å². The molecule has 5 heteroatoms. The van der Waals surface area contributed by atoms with Crippen molar-refractivity contribution in [2.75, 3.05) is 7.05 Å². The molecule has 1 amide bonds. The topological polar surface area (TPSA) is 61.9 Å². The lowest BCUT2D eigenvalue weighted by Crippen LogP contribution is -2.36. The molecule has 0 fully saturated rings. The first kappa shape index (κ1) is 14.7. The lowest BCUT2D eigenvalue weighted by Gasteiger charge is -2.25. The van der Waals surface area contributed by atoms with Crippen molar-refractivity contribution in [3.8, 4) is 0 Å². The van der Waals surface area contributed by atoms with E-state index < -0.39 is 0 Å². The third-order valence-corrected chi connectivity index (χ3v) is 3.00. The van der Waals surface area contributed by atoms with Crippen LogP contribution in [0.3, 0.4) is 0 Å². The second-order valence-corrected chi connectivity index (χ2v) is 5.25. The molecule has 1 aromatic heterocycles. The Morgan fingerprint density at radius 2 is 2.06 bits per heavy atom. The van der Waals surface area contributed by atoms with Gasteiger partial charge < -0.3 is 4.90 Å². The van der Waals surface area contributed by atoms with Crippen molar-refractivity contribution in [1.82, 2.24) is 20.1 Å². The second kappa shape index (κ2) is 6.52. The monoisotopic (exact) mass is 252 g/mol. The zero-order valence-electron chi connectivity index (χ0n) is 12.0. The normalized spacial score (nSPS) is 12.8. The van der Waals surface area contributed by atoms with Gasteiger partial charge in [-0.15, -0.1) is 5.10 Å². The Morgan fingerprint density at radius 1 is 1.39 bits per heavy atom. The Kier molecular flexibility index (Phi) is 5.31. The summed E-state index contributed by atoms with van der Waals surface area (Å²) in [7, 11) is 1.81. The minimum Gasteiger partial charge on any atom is -0.336 e.